The summed E-state index contributed by atoms with van der Waals surface area (Å²) in [6.07, 6.45) is 0. The Morgan fingerprint density at radius 3 is 2.36 bits per heavy atom. The molecule has 1 heterocycles. The highest BCUT2D eigenvalue weighted by atomic mass is 32.1. The Morgan fingerprint density at radius 2 is 1.72 bits per heavy atom. The minimum absolute atomic E-state index is 0.325. The zero-order valence-electron chi connectivity index (χ0n) is 19.2. The molecule has 0 aliphatic rings. The molecule has 3 aromatic carbocycles. The highest BCUT2D eigenvalue weighted by molar-refractivity contribution is 7.80. The first-order valence-electron chi connectivity index (χ1n) is 10.6. The van der Waals surface area contributed by atoms with E-state index in [-0.39, 0.29) is 5.11 Å². The number of carbonyl (C=O) groups excluding carboxylic acids is 1. The van der Waals surface area contributed by atoms with Crippen LogP contribution in [-0.4, -0.2) is 23.1 Å². The molecular formula is C25H19F4N3O3S. The van der Waals surface area contributed by atoms with Crippen LogP contribution >= 0.6 is 12.2 Å². The number of rotatable bonds is 5. The maximum absolute atomic E-state index is 14.2. The fraction of sp³-hybridized carbons (Fsp3) is 0.160. The first kappa shape index (κ1) is 25.1. The molecule has 4 aromatic rings. The molecule has 0 fully saturated rings. The number of methoxy groups -OCH3 is 1. The number of hydrogen-bond acceptors (Lipinski definition) is 5. The van der Waals surface area contributed by atoms with E-state index in [9.17, 15) is 22.4 Å². The second kappa shape index (κ2) is 9.94. The van der Waals surface area contributed by atoms with Gasteiger partial charge in [-0.3, -0.25) is 10.1 Å². The molecule has 1 amide bonds. The van der Waals surface area contributed by atoms with Crippen LogP contribution in [0.4, 0.5) is 23.2 Å². The standard InChI is InChI=1S/C25H19F4N3O3S/c1-11(2)12-7-8-16-15(10-12)31-24(35-16)13-5-4-6-14(9-13)30-25(36)32-23(33)17-18(26)20(28)22(34-3)21(29)19(17)27/h4-11H,1-3H3,(H2,30,32,33,36). The van der Waals surface area contributed by atoms with Crippen molar-refractivity contribution in [2.24, 2.45) is 0 Å². The number of nitrogens with one attached hydrogen (secondary N) is 2. The number of thiocarbonyl (C=S) groups is 1. The minimum Gasteiger partial charge on any atom is -0.491 e. The van der Waals surface area contributed by atoms with Crippen molar-refractivity contribution in [3.63, 3.8) is 0 Å². The van der Waals surface area contributed by atoms with Gasteiger partial charge in [-0.15, -0.1) is 0 Å². The largest absolute Gasteiger partial charge is 0.491 e. The van der Waals surface area contributed by atoms with Crippen molar-refractivity contribution < 1.29 is 31.5 Å². The van der Waals surface area contributed by atoms with Crippen molar-refractivity contribution >= 4 is 40.0 Å². The quantitative estimate of drug-likeness (QED) is 0.184. The Morgan fingerprint density at radius 1 is 1.03 bits per heavy atom. The van der Waals surface area contributed by atoms with Gasteiger partial charge in [0.2, 0.25) is 17.5 Å². The molecule has 0 aliphatic carbocycles. The summed E-state index contributed by atoms with van der Waals surface area (Å²) in [5, 5.41) is 4.31. The molecule has 0 unspecified atom stereocenters. The van der Waals surface area contributed by atoms with Gasteiger partial charge >= 0.3 is 0 Å². The highest BCUT2D eigenvalue weighted by Gasteiger charge is 2.30. The molecule has 11 heteroatoms. The summed E-state index contributed by atoms with van der Waals surface area (Å²) in [6.45, 7) is 4.15. The lowest BCUT2D eigenvalue weighted by Gasteiger charge is -2.13. The molecule has 2 N–H and O–H groups in total. The molecule has 4 rings (SSSR count). The van der Waals surface area contributed by atoms with Crippen molar-refractivity contribution in [2.75, 3.05) is 12.4 Å². The Labute approximate surface area is 208 Å². The fourth-order valence-corrected chi connectivity index (χ4v) is 3.69. The van der Waals surface area contributed by atoms with Gasteiger partial charge in [-0.2, -0.15) is 8.78 Å². The molecule has 36 heavy (non-hydrogen) atoms. The first-order valence-corrected chi connectivity index (χ1v) is 11.0. The molecule has 186 valence electrons. The summed E-state index contributed by atoms with van der Waals surface area (Å²) in [5.74, 6) is -9.60. The molecule has 0 atom stereocenters. The third kappa shape index (κ3) is 4.74. The number of carbonyl (C=O) groups is 1. The van der Waals surface area contributed by atoms with Crippen LogP contribution in [-0.2, 0) is 0 Å². The molecule has 6 nitrogen and oxygen atoms in total. The van der Waals surface area contributed by atoms with E-state index in [4.69, 9.17) is 16.6 Å². The Kier molecular flexibility index (Phi) is 6.93. The van der Waals surface area contributed by atoms with Crippen LogP contribution in [0.2, 0.25) is 0 Å². The Balaban J connectivity index is 1.53. The lowest BCUT2D eigenvalue weighted by Crippen LogP contribution is -2.35. The van der Waals surface area contributed by atoms with Gasteiger partial charge in [0, 0.05) is 11.3 Å². The van der Waals surface area contributed by atoms with Gasteiger partial charge in [0.15, 0.2) is 28.1 Å². The van der Waals surface area contributed by atoms with Gasteiger partial charge in [0.1, 0.15) is 11.1 Å². The van der Waals surface area contributed by atoms with E-state index in [0.717, 1.165) is 12.7 Å². The summed E-state index contributed by atoms with van der Waals surface area (Å²) in [7, 11) is 0.830. The number of aromatic nitrogens is 1. The number of anilines is 1. The van der Waals surface area contributed by atoms with Gasteiger partial charge < -0.3 is 14.5 Å². The normalized spacial score (nSPS) is 11.1. The van der Waals surface area contributed by atoms with Crippen LogP contribution in [0.25, 0.3) is 22.6 Å². The van der Waals surface area contributed by atoms with Gasteiger partial charge in [-0.25, -0.2) is 13.8 Å². The van der Waals surface area contributed by atoms with E-state index in [1.807, 2.05) is 23.5 Å². The van der Waals surface area contributed by atoms with Crippen molar-refractivity contribution in [3.05, 3.63) is 76.9 Å². The summed E-state index contributed by atoms with van der Waals surface area (Å²) >= 11 is 5.03. The van der Waals surface area contributed by atoms with Gasteiger partial charge in [-0.05, 0) is 54.0 Å². The average Bonchev–Trinajstić information content (AvgIpc) is 3.27. The van der Waals surface area contributed by atoms with Crippen molar-refractivity contribution in [1.29, 1.82) is 0 Å². The first-order chi connectivity index (χ1) is 17.1. The number of amides is 1. The predicted molar refractivity (Wildman–Crippen MR) is 130 cm³/mol. The number of halogens is 4. The molecular weight excluding hydrogens is 498 g/mol. The number of benzene rings is 3. The van der Waals surface area contributed by atoms with Crippen LogP contribution in [0, 0.1) is 23.3 Å². The third-order valence-corrected chi connectivity index (χ3v) is 5.53. The molecule has 0 spiro atoms. The van der Waals surface area contributed by atoms with Crippen molar-refractivity contribution in [3.8, 4) is 17.2 Å². The van der Waals surface area contributed by atoms with E-state index < -0.39 is 40.5 Å². The average molecular weight is 518 g/mol. The second-order valence-electron chi connectivity index (χ2n) is 8.05. The summed E-state index contributed by atoms with van der Waals surface area (Å²) in [5.41, 5.74) is 1.92. The lowest BCUT2D eigenvalue weighted by atomic mass is 10.0. The molecule has 0 radical (unpaired) electrons. The SMILES string of the molecule is COc1c(F)c(F)c(C(=O)NC(=S)Nc2cccc(-c3nc4cc(C(C)C)ccc4o3)c2)c(F)c1F. The Bertz CT molecular complexity index is 1470. The highest BCUT2D eigenvalue weighted by Crippen LogP contribution is 2.30. The number of fused-ring (bicyclic) bond motifs is 1. The van der Waals surface area contributed by atoms with Crippen LogP contribution in [0.15, 0.2) is 46.9 Å². The van der Waals surface area contributed by atoms with E-state index in [0.29, 0.717) is 34.2 Å². The second-order valence-corrected chi connectivity index (χ2v) is 8.46. The number of hydrogen-bond donors (Lipinski definition) is 2. The van der Waals surface area contributed by atoms with Crippen molar-refractivity contribution in [1.82, 2.24) is 10.3 Å². The van der Waals surface area contributed by atoms with Crippen LogP contribution in [0.1, 0.15) is 35.7 Å². The monoisotopic (exact) mass is 517 g/mol. The van der Waals surface area contributed by atoms with Gasteiger partial charge in [0.05, 0.1) is 7.11 Å². The van der Waals surface area contributed by atoms with Crippen LogP contribution in [0.3, 0.4) is 0 Å². The Hall–Kier alpha value is -3.99. The van der Waals surface area contributed by atoms with Crippen molar-refractivity contribution in [2.45, 2.75) is 19.8 Å². The number of oxazole rings is 1. The maximum Gasteiger partial charge on any atom is 0.263 e. The van der Waals surface area contributed by atoms with Crippen LogP contribution < -0.4 is 15.4 Å². The maximum atomic E-state index is 14.2. The van der Waals surface area contributed by atoms with E-state index in [1.165, 1.54) is 0 Å². The zero-order valence-corrected chi connectivity index (χ0v) is 20.0. The van der Waals surface area contributed by atoms with E-state index in [1.54, 1.807) is 24.3 Å². The minimum atomic E-state index is -1.91. The number of nitrogens with zero attached hydrogens (tertiary/aromatic N) is 1. The topological polar surface area (TPSA) is 76.4 Å². The van der Waals surface area contributed by atoms with E-state index >= 15 is 0 Å². The molecule has 0 aliphatic heterocycles. The van der Waals surface area contributed by atoms with Crippen LogP contribution in [0.5, 0.6) is 5.75 Å². The third-order valence-electron chi connectivity index (χ3n) is 5.33. The number of ether oxygens (including phenoxy) is 1. The molecule has 0 saturated carbocycles. The predicted octanol–water partition coefficient (Wildman–Crippen LogP) is 6.31. The molecule has 0 saturated heterocycles. The smallest absolute Gasteiger partial charge is 0.263 e. The summed E-state index contributed by atoms with van der Waals surface area (Å²) < 4.78 is 66.4. The molecule has 1 aromatic heterocycles. The van der Waals surface area contributed by atoms with Gasteiger partial charge in [-0.1, -0.05) is 26.0 Å². The fourth-order valence-electron chi connectivity index (χ4n) is 3.48. The van der Waals surface area contributed by atoms with Gasteiger partial charge in [0.25, 0.3) is 5.91 Å². The summed E-state index contributed by atoms with van der Waals surface area (Å²) in [4.78, 5) is 16.9. The lowest BCUT2D eigenvalue weighted by molar-refractivity contribution is 0.0966. The summed E-state index contributed by atoms with van der Waals surface area (Å²) in [6, 6.07) is 12.4. The van der Waals surface area contributed by atoms with E-state index in [2.05, 4.69) is 28.9 Å². The zero-order chi connectivity index (χ0) is 26.1. The molecule has 0 bridgehead atoms.